The van der Waals surface area contributed by atoms with Crippen molar-refractivity contribution >= 4 is 23.5 Å². The van der Waals surface area contributed by atoms with Crippen molar-refractivity contribution < 1.29 is 28.2 Å². The highest BCUT2D eigenvalue weighted by Crippen LogP contribution is 2.34. The molecular formula is C22H23FN2O5. The third-order valence-electron chi connectivity index (χ3n) is 5.26. The molecular weight excluding hydrogens is 391 g/mol. The summed E-state index contributed by atoms with van der Waals surface area (Å²) in [5.74, 6) is -2.42. The molecule has 1 heterocycles. The Morgan fingerprint density at radius 2 is 1.63 bits per heavy atom. The number of carbonyl (C=O) groups excluding carboxylic acids is 3. The molecule has 158 valence electrons. The number of ether oxygens (including phenoxy) is 2. The van der Waals surface area contributed by atoms with Crippen molar-refractivity contribution in [3.8, 4) is 0 Å². The van der Waals surface area contributed by atoms with Crippen LogP contribution in [0.1, 0.15) is 28.8 Å². The molecule has 30 heavy (non-hydrogen) atoms. The lowest BCUT2D eigenvalue weighted by atomic mass is 9.74. The van der Waals surface area contributed by atoms with Crippen LogP contribution in [0, 0.1) is 5.82 Å². The van der Waals surface area contributed by atoms with Crippen LogP contribution in [0.4, 0.5) is 10.1 Å². The number of hydrogen-bond donors (Lipinski definition) is 2. The molecule has 1 fully saturated rings. The Morgan fingerprint density at radius 1 is 1.00 bits per heavy atom. The van der Waals surface area contributed by atoms with Crippen LogP contribution < -0.4 is 10.6 Å². The van der Waals surface area contributed by atoms with Gasteiger partial charge in [0.25, 0.3) is 0 Å². The Morgan fingerprint density at radius 3 is 2.23 bits per heavy atom. The van der Waals surface area contributed by atoms with Gasteiger partial charge in [-0.15, -0.1) is 0 Å². The SMILES string of the molecule is COC(=O)c1ccc(NC(=O)C(=O)NCC2(c3ccc(F)cc3)CCOCC2)cc1. The molecule has 0 unspecified atom stereocenters. The molecule has 2 N–H and O–H groups in total. The molecule has 1 saturated heterocycles. The number of benzene rings is 2. The van der Waals surface area contributed by atoms with E-state index in [0.717, 1.165) is 5.56 Å². The third-order valence-corrected chi connectivity index (χ3v) is 5.26. The lowest BCUT2D eigenvalue weighted by Crippen LogP contribution is -2.47. The van der Waals surface area contributed by atoms with E-state index >= 15 is 0 Å². The fraction of sp³-hybridized carbons (Fsp3) is 0.318. The van der Waals surface area contributed by atoms with Gasteiger partial charge in [-0.05, 0) is 54.8 Å². The second kappa shape index (κ2) is 9.49. The number of halogens is 1. The van der Waals surface area contributed by atoms with Crippen molar-refractivity contribution in [3.05, 3.63) is 65.5 Å². The van der Waals surface area contributed by atoms with E-state index in [1.165, 1.54) is 43.5 Å². The average molecular weight is 414 g/mol. The molecule has 0 aliphatic carbocycles. The minimum Gasteiger partial charge on any atom is -0.465 e. The molecule has 0 aromatic heterocycles. The Balaban J connectivity index is 1.63. The summed E-state index contributed by atoms with van der Waals surface area (Å²) >= 11 is 0. The number of rotatable bonds is 5. The first kappa shape index (κ1) is 21.4. The van der Waals surface area contributed by atoms with Crippen molar-refractivity contribution in [1.82, 2.24) is 5.32 Å². The number of carbonyl (C=O) groups is 3. The van der Waals surface area contributed by atoms with E-state index in [9.17, 15) is 18.8 Å². The molecule has 8 heteroatoms. The monoisotopic (exact) mass is 414 g/mol. The summed E-state index contributed by atoms with van der Waals surface area (Å²) in [5.41, 5.74) is 1.18. The summed E-state index contributed by atoms with van der Waals surface area (Å²) in [7, 11) is 1.28. The van der Waals surface area contributed by atoms with E-state index in [4.69, 9.17) is 4.74 Å². The van der Waals surface area contributed by atoms with Crippen LogP contribution in [0.5, 0.6) is 0 Å². The topological polar surface area (TPSA) is 93.7 Å². The minimum atomic E-state index is -0.817. The highest BCUT2D eigenvalue weighted by molar-refractivity contribution is 6.39. The minimum absolute atomic E-state index is 0.232. The summed E-state index contributed by atoms with van der Waals surface area (Å²) in [4.78, 5) is 36.1. The predicted molar refractivity (Wildman–Crippen MR) is 108 cm³/mol. The summed E-state index contributed by atoms with van der Waals surface area (Å²) in [6.07, 6.45) is 1.30. The molecule has 2 amide bonds. The first-order chi connectivity index (χ1) is 14.4. The standard InChI is InChI=1S/C22H23FN2O5/c1-29-21(28)15-2-8-18(9-3-15)25-20(27)19(26)24-14-22(10-12-30-13-11-22)16-4-6-17(23)7-5-16/h2-9H,10-14H2,1H3,(H,24,26)(H,25,27). The molecule has 0 radical (unpaired) electrons. The quantitative estimate of drug-likeness (QED) is 0.579. The van der Waals surface area contributed by atoms with Crippen LogP contribution in [-0.2, 0) is 24.5 Å². The maximum absolute atomic E-state index is 13.3. The zero-order valence-electron chi connectivity index (χ0n) is 16.6. The van der Waals surface area contributed by atoms with Gasteiger partial charge >= 0.3 is 17.8 Å². The van der Waals surface area contributed by atoms with Crippen molar-refractivity contribution in [2.24, 2.45) is 0 Å². The zero-order chi connectivity index (χ0) is 21.6. The Kier molecular flexibility index (Phi) is 6.79. The molecule has 2 aromatic carbocycles. The number of esters is 1. The maximum atomic E-state index is 13.3. The Bertz CT molecular complexity index is 906. The number of amides is 2. The lowest BCUT2D eigenvalue weighted by Gasteiger charge is -2.37. The van der Waals surface area contributed by atoms with Crippen LogP contribution in [-0.4, -0.2) is 44.7 Å². The summed E-state index contributed by atoms with van der Waals surface area (Å²) < 4.78 is 23.4. The van der Waals surface area contributed by atoms with Gasteiger partial charge in [0.15, 0.2) is 0 Å². The first-order valence-corrected chi connectivity index (χ1v) is 9.55. The van der Waals surface area contributed by atoms with Gasteiger partial charge in [-0.1, -0.05) is 12.1 Å². The number of hydrogen-bond acceptors (Lipinski definition) is 5. The van der Waals surface area contributed by atoms with Gasteiger partial charge in [0.2, 0.25) is 0 Å². The van der Waals surface area contributed by atoms with E-state index in [1.807, 2.05) is 0 Å². The summed E-state index contributed by atoms with van der Waals surface area (Å²) in [6.45, 7) is 1.27. The average Bonchev–Trinajstić information content (AvgIpc) is 2.78. The van der Waals surface area contributed by atoms with E-state index in [2.05, 4.69) is 15.4 Å². The molecule has 1 aliphatic rings. The van der Waals surface area contributed by atoms with Crippen LogP contribution in [0.2, 0.25) is 0 Å². The molecule has 1 aliphatic heterocycles. The Hall–Kier alpha value is -3.26. The normalized spacial score (nSPS) is 15.1. The molecule has 0 saturated carbocycles. The van der Waals surface area contributed by atoms with Gasteiger partial charge in [-0.2, -0.15) is 0 Å². The van der Waals surface area contributed by atoms with E-state index in [1.54, 1.807) is 12.1 Å². The van der Waals surface area contributed by atoms with Crippen molar-refractivity contribution in [2.45, 2.75) is 18.3 Å². The summed E-state index contributed by atoms with van der Waals surface area (Å²) in [5, 5.41) is 5.19. The third kappa shape index (κ3) is 5.01. The predicted octanol–water partition coefficient (Wildman–Crippen LogP) is 2.42. The zero-order valence-corrected chi connectivity index (χ0v) is 16.6. The van der Waals surface area contributed by atoms with Gasteiger partial charge in [0, 0.05) is 30.9 Å². The van der Waals surface area contributed by atoms with Crippen LogP contribution in [0.15, 0.2) is 48.5 Å². The molecule has 2 aromatic rings. The van der Waals surface area contributed by atoms with Gasteiger partial charge in [0.05, 0.1) is 12.7 Å². The number of methoxy groups -OCH3 is 1. The van der Waals surface area contributed by atoms with Crippen LogP contribution in [0.3, 0.4) is 0 Å². The van der Waals surface area contributed by atoms with E-state index < -0.39 is 23.2 Å². The second-order valence-electron chi connectivity index (χ2n) is 7.11. The van der Waals surface area contributed by atoms with E-state index in [0.29, 0.717) is 37.3 Å². The van der Waals surface area contributed by atoms with Crippen LogP contribution >= 0.6 is 0 Å². The van der Waals surface area contributed by atoms with Gasteiger partial charge in [0.1, 0.15) is 5.82 Å². The highest BCUT2D eigenvalue weighted by atomic mass is 19.1. The van der Waals surface area contributed by atoms with Crippen molar-refractivity contribution in [2.75, 3.05) is 32.2 Å². The largest absolute Gasteiger partial charge is 0.465 e. The lowest BCUT2D eigenvalue weighted by molar-refractivity contribution is -0.136. The number of nitrogens with one attached hydrogen (secondary N) is 2. The van der Waals surface area contributed by atoms with Gasteiger partial charge in [-0.3, -0.25) is 9.59 Å². The molecule has 7 nitrogen and oxygen atoms in total. The molecule has 3 rings (SSSR count). The molecule has 0 atom stereocenters. The molecule has 0 spiro atoms. The van der Waals surface area contributed by atoms with Crippen molar-refractivity contribution in [3.63, 3.8) is 0 Å². The Labute approximate surface area is 173 Å². The van der Waals surface area contributed by atoms with Crippen molar-refractivity contribution in [1.29, 1.82) is 0 Å². The number of anilines is 1. The van der Waals surface area contributed by atoms with Gasteiger partial charge < -0.3 is 20.1 Å². The fourth-order valence-corrected chi connectivity index (χ4v) is 3.46. The van der Waals surface area contributed by atoms with E-state index in [-0.39, 0.29) is 12.4 Å². The second-order valence-corrected chi connectivity index (χ2v) is 7.11. The maximum Gasteiger partial charge on any atom is 0.337 e. The molecule has 0 bridgehead atoms. The smallest absolute Gasteiger partial charge is 0.337 e. The summed E-state index contributed by atoms with van der Waals surface area (Å²) in [6, 6.07) is 12.2. The van der Waals surface area contributed by atoms with Gasteiger partial charge in [-0.25, -0.2) is 9.18 Å². The first-order valence-electron chi connectivity index (χ1n) is 9.55. The fourth-order valence-electron chi connectivity index (χ4n) is 3.46. The highest BCUT2D eigenvalue weighted by Gasteiger charge is 2.35. The van der Waals surface area contributed by atoms with Crippen LogP contribution in [0.25, 0.3) is 0 Å².